The third kappa shape index (κ3) is 3.74. The molecule has 0 aliphatic carbocycles. The molecule has 5 aromatic rings. The molecule has 0 fully saturated rings. The van der Waals surface area contributed by atoms with Gasteiger partial charge in [-0.3, -0.25) is 0 Å². The van der Waals surface area contributed by atoms with E-state index in [9.17, 15) is 4.79 Å². The van der Waals surface area contributed by atoms with Crippen LogP contribution in [0.3, 0.4) is 0 Å². The molecule has 0 radical (unpaired) electrons. The van der Waals surface area contributed by atoms with Gasteiger partial charge in [0.1, 0.15) is 0 Å². The van der Waals surface area contributed by atoms with Crippen molar-refractivity contribution >= 4 is 5.97 Å². The second kappa shape index (κ2) is 8.44. The van der Waals surface area contributed by atoms with Gasteiger partial charge < -0.3 is 14.7 Å². The van der Waals surface area contributed by atoms with Gasteiger partial charge in [0.05, 0.1) is 12.7 Å². The van der Waals surface area contributed by atoms with E-state index >= 15 is 0 Å². The molecule has 32 heavy (non-hydrogen) atoms. The highest BCUT2D eigenvalue weighted by atomic mass is 16.5. The van der Waals surface area contributed by atoms with Crippen molar-refractivity contribution in [3.8, 4) is 45.0 Å². The van der Waals surface area contributed by atoms with Crippen LogP contribution in [0, 0.1) is 0 Å². The zero-order valence-electron chi connectivity index (χ0n) is 17.6. The zero-order chi connectivity index (χ0) is 21.9. The number of ether oxygens (including phenoxy) is 1. The Balaban J connectivity index is 1.57. The van der Waals surface area contributed by atoms with Gasteiger partial charge in [-0.15, -0.1) is 0 Å². The predicted octanol–water partition coefficient (Wildman–Crippen LogP) is 6.80. The summed E-state index contributed by atoms with van der Waals surface area (Å²) < 4.78 is 5.04. The van der Waals surface area contributed by atoms with E-state index in [2.05, 4.69) is 46.4 Å². The molecule has 0 saturated carbocycles. The Hall–Kier alpha value is -4.31. The number of hydrogen-bond acceptors (Lipinski definition) is 2. The van der Waals surface area contributed by atoms with Gasteiger partial charge in [0.15, 0.2) is 0 Å². The van der Waals surface area contributed by atoms with Crippen LogP contribution in [0.4, 0.5) is 0 Å². The van der Waals surface area contributed by atoms with Gasteiger partial charge >= 0.3 is 5.97 Å². The lowest BCUT2D eigenvalue weighted by Gasteiger charge is -2.09. The third-order valence-corrected chi connectivity index (χ3v) is 5.57. The number of methoxy groups -OCH3 is 1. The number of carbonyl (C=O) groups excluding carboxylic acids is 1. The highest BCUT2D eigenvalue weighted by molar-refractivity contribution is 5.98. The van der Waals surface area contributed by atoms with E-state index in [0.717, 1.165) is 45.0 Å². The van der Waals surface area contributed by atoms with Gasteiger partial charge in [0, 0.05) is 28.3 Å². The highest BCUT2D eigenvalue weighted by Gasteiger charge is 2.17. The molecule has 2 N–H and O–H groups in total. The van der Waals surface area contributed by atoms with Crippen LogP contribution in [0.1, 0.15) is 10.4 Å². The monoisotopic (exact) mass is 418 g/mol. The minimum absolute atomic E-state index is 0.362. The molecule has 0 saturated heterocycles. The number of rotatable bonds is 5. The first kappa shape index (κ1) is 19.6. The van der Waals surface area contributed by atoms with Gasteiger partial charge in [-0.2, -0.15) is 0 Å². The van der Waals surface area contributed by atoms with Crippen LogP contribution < -0.4 is 0 Å². The summed E-state index contributed by atoms with van der Waals surface area (Å²) in [5.74, 6) is -0.362. The number of carbonyl (C=O) groups is 1. The maximum absolute atomic E-state index is 12.5. The first-order valence-electron chi connectivity index (χ1n) is 10.4. The Labute approximate surface area is 186 Å². The molecule has 0 spiro atoms. The topological polar surface area (TPSA) is 57.9 Å². The molecular formula is C28H22N2O2. The summed E-state index contributed by atoms with van der Waals surface area (Å²) >= 11 is 0. The lowest BCUT2D eigenvalue weighted by Crippen LogP contribution is -2.04. The van der Waals surface area contributed by atoms with Crippen LogP contribution in [-0.4, -0.2) is 23.0 Å². The number of aromatic nitrogens is 2. The maximum Gasteiger partial charge on any atom is 0.338 e. The first-order chi connectivity index (χ1) is 15.7. The Morgan fingerprint density at radius 2 is 1.09 bits per heavy atom. The summed E-state index contributed by atoms with van der Waals surface area (Å²) in [7, 11) is 1.40. The molecule has 4 nitrogen and oxygen atoms in total. The van der Waals surface area contributed by atoms with Gasteiger partial charge in [-0.1, -0.05) is 66.7 Å². The van der Waals surface area contributed by atoms with Crippen molar-refractivity contribution < 1.29 is 9.53 Å². The van der Waals surface area contributed by atoms with Crippen LogP contribution in [0.25, 0.3) is 45.0 Å². The molecule has 2 heterocycles. The SMILES string of the molecule is COC(=O)c1ccc(-c2ccc(-c3ccccc3)[nH]2)cc1-c1ccc(-c2ccccc2)[nH]1. The summed E-state index contributed by atoms with van der Waals surface area (Å²) in [6, 6.07) is 34.3. The average molecular weight is 418 g/mol. The fraction of sp³-hybridized carbons (Fsp3) is 0.0357. The molecule has 0 amide bonds. The Kier molecular flexibility index (Phi) is 5.18. The Morgan fingerprint density at radius 3 is 1.66 bits per heavy atom. The maximum atomic E-state index is 12.5. The van der Waals surface area contributed by atoms with Crippen molar-refractivity contribution in [3.63, 3.8) is 0 Å². The fourth-order valence-corrected chi connectivity index (χ4v) is 3.91. The average Bonchev–Trinajstić information content (AvgIpc) is 3.55. The first-order valence-corrected chi connectivity index (χ1v) is 10.4. The third-order valence-electron chi connectivity index (χ3n) is 5.57. The van der Waals surface area contributed by atoms with Crippen molar-refractivity contribution in [2.75, 3.05) is 7.11 Å². The molecule has 0 aliphatic rings. The summed E-state index contributed by atoms with van der Waals surface area (Å²) in [4.78, 5) is 19.4. The lowest BCUT2D eigenvalue weighted by atomic mass is 10.00. The van der Waals surface area contributed by atoms with Crippen molar-refractivity contribution in [3.05, 3.63) is 109 Å². The van der Waals surface area contributed by atoms with E-state index in [0.29, 0.717) is 5.56 Å². The minimum Gasteiger partial charge on any atom is -0.465 e. The second-order valence-corrected chi connectivity index (χ2v) is 7.56. The molecular weight excluding hydrogens is 396 g/mol. The summed E-state index contributed by atoms with van der Waals surface area (Å²) in [5.41, 5.74) is 8.41. The normalized spacial score (nSPS) is 10.8. The minimum atomic E-state index is -0.362. The van der Waals surface area contributed by atoms with E-state index in [4.69, 9.17) is 4.74 Å². The van der Waals surface area contributed by atoms with E-state index in [1.165, 1.54) is 7.11 Å². The smallest absolute Gasteiger partial charge is 0.338 e. The largest absolute Gasteiger partial charge is 0.465 e. The predicted molar refractivity (Wildman–Crippen MR) is 128 cm³/mol. The van der Waals surface area contributed by atoms with E-state index in [1.54, 1.807) is 0 Å². The molecule has 3 aromatic carbocycles. The molecule has 5 rings (SSSR count). The summed E-state index contributed by atoms with van der Waals surface area (Å²) in [5, 5.41) is 0. The molecule has 0 unspecified atom stereocenters. The van der Waals surface area contributed by atoms with Crippen LogP contribution in [-0.2, 0) is 4.74 Å². The molecule has 0 aliphatic heterocycles. The number of aromatic amines is 2. The molecule has 4 heteroatoms. The second-order valence-electron chi connectivity index (χ2n) is 7.56. The van der Waals surface area contributed by atoms with Crippen molar-refractivity contribution in [1.82, 2.24) is 9.97 Å². The van der Waals surface area contributed by atoms with E-state index in [1.807, 2.05) is 66.7 Å². The standard InChI is InChI=1S/C28H22N2O2/c1-32-28(31)22-13-12-21(26-15-14-24(29-26)19-8-4-2-5-9-19)18-23(22)27-17-16-25(30-27)20-10-6-3-7-11-20/h2-18,29-30H,1H3. The number of esters is 1. The zero-order valence-corrected chi connectivity index (χ0v) is 17.6. The van der Waals surface area contributed by atoms with Gasteiger partial charge in [-0.25, -0.2) is 4.79 Å². The summed E-state index contributed by atoms with van der Waals surface area (Å²) in [6.07, 6.45) is 0. The molecule has 2 aromatic heterocycles. The number of benzene rings is 3. The lowest BCUT2D eigenvalue weighted by molar-refractivity contribution is 0.0601. The van der Waals surface area contributed by atoms with Crippen LogP contribution in [0.2, 0.25) is 0 Å². The Bertz CT molecular complexity index is 1370. The Morgan fingerprint density at radius 1 is 0.594 bits per heavy atom. The van der Waals surface area contributed by atoms with Crippen LogP contribution in [0.15, 0.2) is 103 Å². The highest BCUT2D eigenvalue weighted by Crippen LogP contribution is 2.32. The van der Waals surface area contributed by atoms with Crippen LogP contribution >= 0.6 is 0 Å². The number of H-pyrrole nitrogens is 2. The fourth-order valence-electron chi connectivity index (χ4n) is 3.91. The van der Waals surface area contributed by atoms with Gasteiger partial charge in [-0.05, 0) is 53.1 Å². The van der Waals surface area contributed by atoms with Crippen LogP contribution in [0.5, 0.6) is 0 Å². The van der Waals surface area contributed by atoms with E-state index < -0.39 is 0 Å². The van der Waals surface area contributed by atoms with Crippen molar-refractivity contribution in [2.24, 2.45) is 0 Å². The van der Waals surface area contributed by atoms with Crippen molar-refractivity contribution in [1.29, 1.82) is 0 Å². The summed E-state index contributed by atoms with van der Waals surface area (Å²) in [6.45, 7) is 0. The molecule has 0 atom stereocenters. The van der Waals surface area contributed by atoms with Gasteiger partial charge in [0.2, 0.25) is 0 Å². The quantitative estimate of drug-likeness (QED) is 0.309. The molecule has 0 bridgehead atoms. The van der Waals surface area contributed by atoms with E-state index in [-0.39, 0.29) is 5.97 Å². The number of hydrogen-bond donors (Lipinski definition) is 2. The van der Waals surface area contributed by atoms with Crippen molar-refractivity contribution in [2.45, 2.75) is 0 Å². The molecule has 156 valence electrons. The number of nitrogens with one attached hydrogen (secondary N) is 2. The van der Waals surface area contributed by atoms with Gasteiger partial charge in [0.25, 0.3) is 0 Å².